The zero-order valence-corrected chi connectivity index (χ0v) is 6.48. The topological polar surface area (TPSA) is 55.9 Å². The maximum Gasteiger partial charge on any atom is 0.523 e. The molecule has 72 valence electrons. The van der Waals surface area contributed by atoms with Gasteiger partial charge in [-0.15, -0.1) is 0 Å². The molecule has 0 bridgehead atoms. The highest BCUT2D eigenvalue weighted by Gasteiger charge is 2.48. The van der Waals surface area contributed by atoms with Gasteiger partial charge < -0.3 is 4.74 Å². The molecule has 1 aliphatic heterocycles. The molecule has 0 aliphatic carbocycles. The van der Waals surface area contributed by atoms with Crippen LogP contribution in [0.25, 0.3) is 0 Å². The average Bonchev–Trinajstić information content (AvgIpc) is 2.62. The molecule has 1 atom stereocenters. The Labute approximate surface area is 66.4 Å². The molecular weight excluding hydrogens is 201 g/mol. The van der Waals surface area contributed by atoms with E-state index in [-0.39, 0.29) is 6.61 Å². The fourth-order valence-corrected chi connectivity index (χ4v) is 0.861. The van der Waals surface area contributed by atoms with Crippen molar-refractivity contribution < 1.29 is 30.5 Å². The lowest BCUT2D eigenvalue weighted by Gasteiger charge is -2.06. The summed E-state index contributed by atoms with van der Waals surface area (Å²) in [5, 5.41) is 0. The molecule has 0 radical (unpaired) electrons. The first kappa shape index (κ1) is 9.75. The fraction of sp³-hybridized carbons (Fsp3) is 1.00. The lowest BCUT2D eigenvalue weighted by molar-refractivity contribution is -0.0544. The Morgan fingerprint density at radius 1 is 1.50 bits per heavy atom. The number of hydrogen-bond acceptors (Lipinski definition) is 4. The molecule has 0 aromatic carbocycles. The SMILES string of the molecule is O=S(=O)(OC[C@H]1CO1)C(F)(F)F. The normalized spacial score (nSPS) is 24.1. The van der Waals surface area contributed by atoms with Crippen LogP contribution < -0.4 is 0 Å². The summed E-state index contributed by atoms with van der Waals surface area (Å²) >= 11 is 0. The van der Waals surface area contributed by atoms with Gasteiger partial charge in [0.1, 0.15) is 6.10 Å². The molecule has 0 spiro atoms. The van der Waals surface area contributed by atoms with Gasteiger partial charge in [0.15, 0.2) is 0 Å². The first-order valence-electron chi connectivity index (χ1n) is 2.90. The summed E-state index contributed by atoms with van der Waals surface area (Å²) in [6, 6.07) is 0. The molecule has 0 aromatic rings. The molecule has 0 unspecified atom stereocenters. The molecule has 0 aromatic heterocycles. The second-order valence-electron chi connectivity index (χ2n) is 2.14. The standard InChI is InChI=1S/C4H5F3O4S/c5-4(6,7)12(8,9)11-2-3-1-10-3/h3H,1-2H2/t3-/m1/s1. The summed E-state index contributed by atoms with van der Waals surface area (Å²) in [6.07, 6.45) is -0.512. The van der Waals surface area contributed by atoms with Crippen LogP contribution in [0.3, 0.4) is 0 Å². The Kier molecular flexibility index (Phi) is 2.32. The van der Waals surface area contributed by atoms with Gasteiger partial charge in [-0.1, -0.05) is 0 Å². The van der Waals surface area contributed by atoms with Crippen LogP contribution in [0.15, 0.2) is 0 Å². The number of halogens is 3. The van der Waals surface area contributed by atoms with Crippen LogP contribution in [0.4, 0.5) is 13.2 Å². The van der Waals surface area contributed by atoms with E-state index < -0.39 is 28.3 Å². The molecule has 0 amide bonds. The number of hydrogen-bond donors (Lipinski definition) is 0. The lowest BCUT2D eigenvalue weighted by atomic mass is 10.5. The molecule has 1 fully saturated rings. The molecule has 4 nitrogen and oxygen atoms in total. The Bertz CT molecular complexity index is 252. The molecule has 1 heterocycles. The van der Waals surface area contributed by atoms with E-state index in [0.29, 0.717) is 0 Å². The maximum absolute atomic E-state index is 11.6. The van der Waals surface area contributed by atoms with Gasteiger partial charge in [-0.3, -0.25) is 4.18 Å². The third kappa shape index (κ3) is 2.32. The first-order valence-corrected chi connectivity index (χ1v) is 4.31. The van der Waals surface area contributed by atoms with Crippen molar-refractivity contribution in [1.82, 2.24) is 0 Å². The summed E-state index contributed by atoms with van der Waals surface area (Å²) in [5.41, 5.74) is -5.35. The van der Waals surface area contributed by atoms with Crippen molar-refractivity contribution in [2.45, 2.75) is 11.6 Å². The van der Waals surface area contributed by atoms with Crippen molar-refractivity contribution in [2.24, 2.45) is 0 Å². The van der Waals surface area contributed by atoms with E-state index in [1.807, 2.05) is 0 Å². The molecule has 1 saturated heterocycles. The van der Waals surface area contributed by atoms with Crippen molar-refractivity contribution in [3.05, 3.63) is 0 Å². The van der Waals surface area contributed by atoms with Crippen LogP contribution in [0.1, 0.15) is 0 Å². The summed E-state index contributed by atoms with van der Waals surface area (Å²) in [4.78, 5) is 0. The van der Waals surface area contributed by atoms with Gasteiger partial charge in [0, 0.05) is 0 Å². The fourth-order valence-electron chi connectivity index (χ4n) is 0.397. The molecule has 1 aliphatic rings. The molecular formula is C4H5F3O4S. The lowest BCUT2D eigenvalue weighted by Crippen LogP contribution is -2.26. The van der Waals surface area contributed by atoms with E-state index in [2.05, 4.69) is 8.92 Å². The Morgan fingerprint density at radius 3 is 2.33 bits per heavy atom. The van der Waals surface area contributed by atoms with E-state index in [9.17, 15) is 21.6 Å². The second-order valence-corrected chi connectivity index (χ2v) is 3.75. The maximum atomic E-state index is 11.6. The van der Waals surface area contributed by atoms with Gasteiger partial charge in [0.25, 0.3) is 0 Å². The highest BCUT2D eigenvalue weighted by molar-refractivity contribution is 7.87. The van der Waals surface area contributed by atoms with Crippen molar-refractivity contribution in [3.8, 4) is 0 Å². The van der Waals surface area contributed by atoms with Crippen LogP contribution in [-0.2, 0) is 19.0 Å². The monoisotopic (exact) mass is 206 g/mol. The minimum Gasteiger partial charge on any atom is -0.371 e. The first-order chi connectivity index (χ1) is 5.33. The van der Waals surface area contributed by atoms with Gasteiger partial charge in [-0.25, -0.2) is 0 Å². The van der Waals surface area contributed by atoms with Crippen LogP contribution in [0, 0.1) is 0 Å². The second kappa shape index (κ2) is 2.86. The minimum atomic E-state index is -5.43. The highest BCUT2D eigenvalue weighted by Crippen LogP contribution is 2.25. The Balaban J connectivity index is 2.47. The van der Waals surface area contributed by atoms with Crippen molar-refractivity contribution in [3.63, 3.8) is 0 Å². The van der Waals surface area contributed by atoms with Gasteiger partial charge in [0.05, 0.1) is 13.2 Å². The predicted molar refractivity (Wildman–Crippen MR) is 30.7 cm³/mol. The zero-order valence-electron chi connectivity index (χ0n) is 5.67. The minimum absolute atomic E-state index is 0.243. The van der Waals surface area contributed by atoms with Crippen molar-refractivity contribution in [1.29, 1.82) is 0 Å². The van der Waals surface area contributed by atoms with Gasteiger partial charge in [-0.05, 0) is 0 Å². The van der Waals surface area contributed by atoms with E-state index in [0.717, 1.165) is 0 Å². The van der Waals surface area contributed by atoms with Crippen LogP contribution in [0.2, 0.25) is 0 Å². The third-order valence-electron chi connectivity index (χ3n) is 1.09. The van der Waals surface area contributed by atoms with Gasteiger partial charge in [0.2, 0.25) is 0 Å². The summed E-state index contributed by atoms with van der Waals surface area (Å²) in [5.74, 6) is 0. The Hall–Kier alpha value is -0.340. The van der Waals surface area contributed by atoms with E-state index in [1.54, 1.807) is 0 Å². The van der Waals surface area contributed by atoms with Crippen molar-refractivity contribution >= 4 is 10.1 Å². The quantitative estimate of drug-likeness (QED) is 0.377. The van der Waals surface area contributed by atoms with E-state index in [4.69, 9.17) is 0 Å². The van der Waals surface area contributed by atoms with Crippen LogP contribution in [0.5, 0.6) is 0 Å². The van der Waals surface area contributed by atoms with Gasteiger partial charge >= 0.3 is 15.6 Å². The molecule has 8 heteroatoms. The zero-order chi connectivity index (χ0) is 9.41. The number of epoxide rings is 1. The number of rotatable bonds is 3. The van der Waals surface area contributed by atoms with Crippen molar-refractivity contribution in [2.75, 3.05) is 13.2 Å². The highest BCUT2D eigenvalue weighted by atomic mass is 32.2. The predicted octanol–water partition coefficient (Wildman–Crippen LogP) is 0.251. The van der Waals surface area contributed by atoms with Gasteiger partial charge in [-0.2, -0.15) is 21.6 Å². The summed E-state index contributed by atoms with van der Waals surface area (Å²) in [7, 11) is -5.43. The summed E-state index contributed by atoms with van der Waals surface area (Å²) < 4.78 is 63.1. The van der Waals surface area contributed by atoms with Crippen LogP contribution >= 0.6 is 0 Å². The number of ether oxygens (including phenoxy) is 1. The van der Waals surface area contributed by atoms with E-state index >= 15 is 0 Å². The molecule has 1 rings (SSSR count). The molecule has 12 heavy (non-hydrogen) atoms. The smallest absolute Gasteiger partial charge is 0.371 e. The molecule has 0 saturated carbocycles. The van der Waals surface area contributed by atoms with E-state index in [1.165, 1.54) is 0 Å². The average molecular weight is 206 g/mol. The third-order valence-corrected chi connectivity index (χ3v) is 2.11. The number of alkyl halides is 3. The summed E-state index contributed by atoms with van der Waals surface area (Å²) in [6.45, 7) is -0.324. The Morgan fingerprint density at radius 2 is 2.00 bits per heavy atom. The van der Waals surface area contributed by atoms with Crippen LogP contribution in [-0.4, -0.2) is 33.2 Å². The molecule has 0 N–H and O–H groups in total. The largest absolute Gasteiger partial charge is 0.523 e.